The summed E-state index contributed by atoms with van der Waals surface area (Å²) in [6.45, 7) is 5.19. The van der Waals surface area contributed by atoms with E-state index >= 15 is 8.78 Å². The fourth-order valence-electron chi connectivity index (χ4n) is 9.76. The first kappa shape index (κ1) is 59.5. The number of anilines is 1. The number of hydrogen-bond donors (Lipinski definition) is 6. The third kappa shape index (κ3) is 13.8. The van der Waals surface area contributed by atoms with E-state index in [1.165, 1.54) is 29.7 Å². The van der Waals surface area contributed by atoms with E-state index < -0.39 is 108 Å². The fraction of sp³-hybridized carbons (Fsp3) is 0.481. The Balaban J connectivity index is 1.18. The van der Waals surface area contributed by atoms with Crippen LogP contribution in [0.1, 0.15) is 68.5 Å². The lowest BCUT2D eigenvalue weighted by Gasteiger charge is -2.48. The summed E-state index contributed by atoms with van der Waals surface area (Å²) in [5.41, 5.74) is -2.72. The molecule has 6 N–H and O–H groups in total. The molecular formula is C54H61F8N9O8. The summed E-state index contributed by atoms with van der Waals surface area (Å²) in [6.07, 6.45) is -12.8. The van der Waals surface area contributed by atoms with E-state index in [1.54, 1.807) is 24.3 Å². The van der Waals surface area contributed by atoms with E-state index in [0.717, 1.165) is 64.2 Å². The summed E-state index contributed by atoms with van der Waals surface area (Å²) in [5, 5.41) is 27.8. The van der Waals surface area contributed by atoms with Crippen molar-refractivity contribution in [2.75, 3.05) is 44.9 Å². The second kappa shape index (κ2) is 24.1. The van der Waals surface area contributed by atoms with E-state index in [-0.39, 0.29) is 11.3 Å². The van der Waals surface area contributed by atoms with Gasteiger partial charge in [0.25, 0.3) is 5.91 Å². The highest BCUT2D eigenvalue weighted by Crippen LogP contribution is 2.42. The quantitative estimate of drug-likeness (QED) is 0.0351. The fourth-order valence-corrected chi connectivity index (χ4v) is 9.76. The molecule has 17 nitrogen and oxygen atoms in total. The Morgan fingerprint density at radius 1 is 0.823 bits per heavy atom. The van der Waals surface area contributed by atoms with Crippen LogP contribution in [-0.2, 0) is 32.0 Å². The number of ether oxygens (including phenoxy) is 2. The minimum Gasteiger partial charge on any atom is -0.465 e. The number of methoxy groups -OCH3 is 1. The summed E-state index contributed by atoms with van der Waals surface area (Å²) < 4.78 is 129. The minimum atomic E-state index is -5.24. The van der Waals surface area contributed by atoms with Crippen LogP contribution in [0, 0.1) is 41.2 Å². The first-order valence-electron chi connectivity index (χ1n) is 25.2. The number of hydrazine groups is 1. The zero-order chi connectivity index (χ0) is 57.8. The number of alkyl carbamates (subject to hydrolysis) is 1. The molecule has 2 aromatic carbocycles. The number of pyridine rings is 2. The molecule has 4 amide bonds. The van der Waals surface area contributed by atoms with Crippen LogP contribution in [0.4, 0.5) is 50.5 Å². The van der Waals surface area contributed by atoms with Gasteiger partial charge in [-0.05, 0) is 108 Å². The van der Waals surface area contributed by atoms with Gasteiger partial charge >= 0.3 is 24.5 Å². The predicted molar refractivity (Wildman–Crippen MR) is 271 cm³/mol. The zero-order valence-electron chi connectivity index (χ0n) is 43.9. The number of alkyl halides is 6. The van der Waals surface area contributed by atoms with Gasteiger partial charge in [0.15, 0.2) is 0 Å². The maximum Gasteiger partial charge on any atom is 0.407 e. The summed E-state index contributed by atoms with van der Waals surface area (Å²) in [4.78, 5) is 66.0. The number of nitrogens with one attached hydrogen (secondary N) is 4. The number of amides is 4. The van der Waals surface area contributed by atoms with Crippen molar-refractivity contribution < 1.29 is 74.0 Å². The smallest absolute Gasteiger partial charge is 0.407 e. The van der Waals surface area contributed by atoms with Crippen molar-refractivity contribution in [3.63, 3.8) is 0 Å². The molecule has 6 unspecified atom stereocenters. The number of aliphatic hydroxyl groups excluding tert-OH is 1. The maximum atomic E-state index is 16.0. The molecule has 0 saturated carbocycles. The van der Waals surface area contributed by atoms with Crippen LogP contribution in [0.15, 0.2) is 72.9 Å². The number of hydrogen-bond acceptors (Lipinski definition) is 12. The second-order valence-electron chi connectivity index (χ2n) is 20.9. The molecule has 4 aromatic rings. The van der Waals surface area contributed by atoms with Crippen LogP contribution in [0.25, 0.3) is 11.3 Å². The topological polar surface area (TPSA) is 211 Å². The van der Waals surface area contributed by atoms with E-state index in [0.29, 0.717) is 73.2 Å². The predicted octanol–water partition coefficient (Wildman–Crippen LogP) is 6.64. The van der Waals surface area contributed by atoms with Gasteiger partial charge in [-0.1, -0.05) is 30.0 Å². The van der Waals surface area contributed by atoms with Gasteiger partial charge in [0.1, 0.15) is 29.5 Å². The number of aliphatic hydroxyl groups is 1. The Morgan fingerprint density at radius 3 is 1.95 bits per heavy atom. The molecule has 0 radical (unpaired) electrons. The summed E-state index contributed by atoms with van der Waals surface area (Å²) >= 11 is 0. The van der Waals surface area contributed by atoms with Crippen LogP contribution in [0.2, 0.25) is 0 Å². The zero-order valence-corrected chi connectivity index (χ0v) is 43.9. The van der Waals surface area contributed by atoms with Crippen molar-refractivity contribution in [2.45, 2.75) is 115 Å². The molecule has 6 atom stereocenters. The second-order valence-corrected chi connectivity index (χ2v) is 20.9. The number of carbonyl (C=O) groups excluding carboxylic acids is 3. The van der Waals surface area contributed by atoms with Gasteiger partial charge < -0.3 is 40.5 Å². The van der Waals surface area contributed by atoms with E-state index in [2.05, 4.69) is 36.7 Å². The monoisotopic (exact) mass is 1120 g/mol. The lowest BCUT2D eigenvalue weighted by atomic mass is 9.82. The lowest BCUT2D eigenvalue weighted by Crippen LogP contribution is -2.63. The highest BCUT2D eigenvalue weighted by molar-refractivity contribution is 5.87. The van der Waals surface area contributed by atoms with Crippen LogP contribution >= 0.6 is 0 Å². The number of nitrogens with zero attached hydrogens (tertiary/aromatic N) is 5. The largest absolute Gasteiger partial charge is 0.465 e. The molecule has 0 spiro atoms. The SMILES string of the molecule is COC(=O)NC(C(=O)NC(Cc1ccc(C#Cc2ccc(N3CC4CCC(C3)N4C3COC3)nc2C)cc1)C(O)CN(Cc1c(F)cc(-c2ccccn2)cc1F)NC(=O)C(NC(=O)O)C(C)(C)C(F)(F)F)C(C)(C)C(F)(F)F. The third-order valence-electron chi connectivity index (χ3n) is 14.8. The minimum absolute atomic E-state index is 0.0444. The van der Waals surface area contributed by atoms with Crippen LogP contribution in [0.5, 0.6) is 0 Å². The van der Waals surface area contributed by atoms with Gasteiger partial charge in [-0.2, -0.15) is 26.3 Å². The number of carboxylic acid groups (broad SMARTS) is 1. The number of rotatable bonds is 18. The average Bonchev–Trinajstić information content (AvgIpc) is 3.72. The third-order valence-corrected chi connectivity index (χ3v) is 14.8. The number of piperazine rings is 1. The number of aryl methyl sites for hydroxylation is 1. The standard InChI is InChI=1S/C54H61F8N9O8/c1-30-33(16-19-44(64-30)69-24-35-17-18-36(25-69)71(35)37-28-79-29-37)15-14-31-10-12-32(13-11-31)21-42(65-47(73)45(67-50(77)78-6)51(2,3)53(57,58)59)43(72)27-70(68-48(74)46(66-49(75)76)52(4,5)54(60,61)62)26-38-39(55)22-34(23-40(38)56)41-9-7-8-20-63-41/h7-13,16,19-20,22-23,35-37,42-43,45-46,66,72H,17-18,21,24-29H2,1-6H3,(H,65,73)(H,67,77)(H,68,74)(H,75,76). The van der Waals surface area contributed by atoms with Gasteiger partial charge in [0.2, 0.25) is 5.91 Å². The van der Waals surface area contributed by atoms with Crippen molar-refractivity contribution >= 4 is 29.8 Å². The van der Waals surface area contributed by atoms with Gasteiger partial charge in [-0.15, -0.1) is 0 Å². The Bertz CT molecular complexity index is 2880. The van der Waals surface area contributed by atoms with Crippen molar-refractivity contribution in [2.24, 2.45) is 10.8 Å². The number of halogens is 8. The molecule has 0 aliphatic carbocycles. The molecule has 3 fully saturated rings. The van der Waals surface area contributed by atoms with E-state index in [9.17, 15) is 55.7 Å². The highest BCUT2D eigenvalue weighted by atomic mass is 19.4. The van der Waals surface area contributed by atoms with Gasteiger partial charge in [0, 0.05) is 66.7 Å². The molecule has 5 heterocycles. The molecule has 2 bridgehead atoms. The number of aromatic nitrogens is 2. The lowest BCUT2D eigenvalue weighted by molar-refractivity contribution is -0.221. The van der Waals surface area contributed by atoms with E-state index in [1.807, 2.05) is 29.8 Å². The molecular weight excluding hydrogens is 1050 g/mol. The number of carbonyl (C=O) groups is 4. The van der Waals surface area contributed by atoms with Gasteiger partial charge in [0.05, 0.1) is 60.7 Å². The first-order chi connectivity index (χ1) is 37.1. The molecule has 426 valence electrons. The Kier molecular flexibility index (Phi) is 18.1. The first-order valence-corrected chi connectivity index (χ1v) is 25.2. The molecule has 79 heavy (non-hydrogen) atoms. The number of fused-ring (bicyclic) bond motifs is 2. The van der Waals surface area contributed by atoms with Crippen LogP contribution in [0.3, 0.4) is 0 Å². The van der Waals surface area contributed by atoms with Crippen molar-refractivity contribution in [3.05, 3.63) is 113 Å². The summed E-state index contributed by atoms with van der Waals surface area (Å²) in [5.74, 6) is 1.29. The van der Waals surface area contributed by atoms with Gasteiger partial charge in [-0.3, -0.25) is 24.9 Å². The van der Waals surface area contributed by atoms with Gasteiger partial charge in [-0.25, -0.2) is 28.4 Å². The van der Waals surface area contributed by atoms with Crippen molar-refractivity contribution in [1.29, 1.82) is 0 Å². The molecule has 7 rings (SSSR count). The summed E-state index contributed by atoms with van der Waals surface area (Å²) in [6, 6.07) is 10.8. The Morgan fingerprint density at radius 2 is 1.43 bits per heavy atom. The molecule has 3 aliphatic rings. The van der Waals surface area contributed by atoms with Crippen LogP contribution < -0.4 is 26.3 Å². The molecule has 3 aliphatic heterocycles. The highest BCUT2D eigenvalue weighted by Gasteiger charge is 2.57. The average molecular weight is 1120 g/mol. The maximum absolute atomic E-state index is 16.0. The Labute approximate surface area is 450 Å². The van der Waals surface area contributed by atoms with Crippen molar-refractivity contribution in [3.8, 4) is 23.1 Å². The van der Waals surface area contributed by atoms with Crippen molar-refractivity contribution in [1.82, 2.24) is 41.3 Å². The molecule has 25 heteroatoms. The Hall–Kier alpha value is -7.14. The number of benzene rings is 2. The molecule has 2 aromatic heterocycles. The van der Waals surface area contributed by atoms with E-state index in [4.69, 9.17) is 9.72 Å². The normalized spacial score (nSPS) is 18.6. The summed E-state index contributed by atoms with van der Waals surface area (Å²) in [7, 11) is 0.838. The molecule has 3 saturated heterocycles. The van der Waals surface area contributed by atoms with Crippen LogP contribution in [-0.4, -0.2) is 149 Å².